The number of carbonyl (C=O) groups excluding carboxylic acids is 2. The molecule has 2 heterocycles. The van der Waals surface area contributed by atoms with Gasteiger partial charge in [0.05, 0.1) is 19.2 Å². The summed E-state index contributed by atoms with van der Waals surface area (Å²) in [6.45, 7) is 7.83. The van der Waals surface area contributed by atoms with Gasteiger partial charge in [0.15, 0.2) is 0 Å². The summed E-state index contributed by atoms with van der Waals surface area (Å²) in [4.78, 5) is 23.3. The third kappa shape index (κ3) is 7.26. The Kier molecular flexibility index (Phi) is 9.22. The number of methoxy groups -OCH3 is 1. The number of aromatic nitrogens is 3. The highest BCUT2D eigenvalue weighted by Crippen LogP contribution is 2.29. The number of rotatable bonds is 9. The minimum Gasteiger partial charge on any atom is -0.497 e. The highest BCUT2D eigenvalue weighted by atomic mass is 16.5. The number of hydrogen-bond donors (Lipinski definition) is 2. The quantitative estimate of drug-likeness (QED) is 0.272. The molecule has 1 aromatic rings. The number of H-pyrrole nitrogens is 1. The topological polar surface area (TPSA) is 106 Å². The number of aldehydes is 1. The van der Waals surface area contributed by atoms with E-state index in [0.29, 0.717) is 37.2 Å². The minimum absolute atomic E-state index is 0.112. The van der Waals surface area contributed by atoms with Crippen LogP contribution in [0.5, 0.6) is 0 Å². The van der Waals surface area contributed by atoms with Crippen molar-refractivity contribution < 1.29 is 19.1 Å². The Morgan fingerprint density at radius 2 is 2.26 bits per heavy atom. The first kappa shape index (κ1) is 23.6. The van der Waals surface area contributed by atoms with Crippen LogP contribution in [0.2, 0.25) is 0 Å². The summed E-state index contributed by atoms with van der Waals surface area (Å²) in [7, 11) is 1.55. The van der Waals surface area contributed by atoms with Crippen molar-refractivity contribution in [2.75, 3.05) is 13.7 Å². The van der Waals surface area contributed by atoms with Crippen LogP contribution in [0.25, 0.3) is 5.57 Å². The molecule has 1 atom stereocenters. The Bertz CT molecular complexity index is 937. The lowest BCUT2D eigenvalue weighted by molar-refractivity contribution is -0.126. The minimum atomic E-state index is -0.320. The molecule has 0 radical (unpaired) electrons. The largest absolute Gasteiger partial charge is 0.497 e. The number of carbonyl (C=O) groups is 2. The van der Waals surface area contributed by atoms with Crippen LogP contribution in [0.4, 0.5) is 0 Å². The van der Waals surface area contributed by atoms with E-state index in [9.17, 15) is 9.59 Å². The second-order valence-electron chi connectivity index (χ2n) is 6.83. The van der Waals surface area contributed by atoms with E-state index < -0.39 is 0 Å². The first-order valence-electron chi connectivity index (χ1n) is 9.87. The number of nitrogens with one attached hydrogen (secondary N) is 2. The Hall–Kier alpha value is -3.68. The Morgan fingerprint density at radius 3 is 2.90 bits per heavy atom. The van der Waals surface area contributed by atoms with Crippen molar-refractivity contribution in [2.24, 2.45) is 5.92 Å². The fraction of sp³-hybridized carbons (Fsp3) is 0.304. The van der Waals surface area contributed by atoms with Crippen LogP contribution < -0.4 is 5.32 Å². The molecule has 2 N–H and O–H groups in total. The summed E-state index contributed by atoms with van der Waals surface area (Å²) in [5, 5.41) is 13.3. The average molecular weight is 425 g/mol. The predicted molar refractivity (Wildman–Crippen MR) is 118 cm³/mol. The van der Waals surface area contributed by atoms with Gasteiger partial charge < -0.3 is 14.8 Å². The second-order valence-corrected chi connectivity index (χ2v) is 6.83. The maximum Gasteiger partial charge on any atom is 0.230 e. The van der Waals surface area contributed by atoms with Gasteiger partial charge in [-0.25, -0.2) is 0 Å². The Morgan fingerprint density at radius 1 is 1.45 bits per heavy atom. The standard InChI is InChI=1S/C23H28N4O4/c1-5-22-19(12-17(3)30-4)13-20(15-31-22)23(29)25-16(2)8-6-9-18(10-7-11-28)21-14-24-27-26-21/h5,7-12,14,20H,3,6,13,15H2,1-2,4H3,(H,25,29)(H,24,26,27)/b10-7+,16-8+,18-9?,19-12-,22-5+. The molecule has 1 aromatic heterocycles. The van der Waals surface area contributed by atoms with Crippen LogP contribution in [-0.4, -0.2) is 41.3 Å². The molecule has 0 bridgehead atoms. The number of nitrogens with zero attached hydrogens (tertiary/aromatic N) is 2. The first-order valence-corrected chi connectivity index (χ1v) is 9.87. The molecule has 1 fully saturated rings. The van der Waals surface area contributed by atoms with E-state index in [1.54, 1.807) is 25.5 Å². The van der Waals surface area contributed by atoms with Crippen molar-refractivity contribution in [3.63, 3.8) is 0 Å². The molecule has 1 aliphatic heterocycles. The first-order chi connectivity index (χ1) is 15.0. The molecule has 2 rings (SSSR count). The molecule has 8 heteroatoms. The van der Waals surface area contributed by atoms with Crippen molar-refractivity contribution in [3.8, 4) is 0 Å². The number of hydrogen-bond acceptors (Lipinski definition) is 6. The third-order valence-corrected chi connectivity index (χ3v) is 4.60. The monoisotopic (exact) mass is 424 g/mol. The van der Waals surface area contributed by atoms with E-state index in [1.807, 2.05) is 32.1 Å². The zero-order chi connectivity index (χ0) is 22.6. The molecule has 0 saturated carbocycles. The number of aromatic amines is 1. The Labute approximate surface area is 182 Å². The third-order valence-electron chi connectivity index (χ3n) is 4.60. The SMILES string of the molecule is C=C(/C=C1/CC(C(=O)N/C(C)=C/CC=C(/C=C/C=O)c2cn[nH]n2)CO/C1=C/C)OC. The summed E-state index contributed by atoms with van der Waals surface area (Å²) < 4.78 is 10.9. The number of amides is 1. The molecule has 1 amide bonds. The smallest absolute Gasteiger partial charge is 0.230 e. The van der Waals surface area contributed by atoms with E-state index in [1.165, 1.54) is 6.08 Å². The van der Waals surface area contributed by atoms with Gasteiger partial charge in [-0.05, 0) is 56.6 Å². The summed E-state index contributed by atoms with van der Waals surface area (Å²) in [5.74, 6) is 0.816. The normalized spacial score (nSPS) is 20.0. The summed E-state index contributed by atoms with van der Waals surface area (Å²) in [6, 6.07) is 0. The van der Waals surface area contributed by atoms with Crippen LogP contribution in [0.1, 0.15) is 32.4 Å². The molecule has 0 spiro atoms. The molecule has 0 aliphatic carbocycles. The van der Waals surface area contributed by atoms with Crippen molar-refractivity contribution in [1.29, 1.82) is 0 Å². The van der Waals surface area contributed by atoms with Gasteiger partial charge in [-0.3, -0.25) is 9.59 Å². The van der Waals surface area contributed by atoms with E-state index in [-0.39, 0.29) is 11.8 Å². The van der Waals surface area contributed by atoms with Gasteiger partial charge in [0.1, 0.15) is 30.1 Å². The van der Waals surface area contributed by atoms with Gasteiger partial charge in [-0.2, -0.15) is 15.4 Å². The Balaban J connectivity index is 2.01. The van der Waals surface area contributed by atoms with Crippen LogP contribution in [0, 0.1) is 5.92 Å². The van der Waals surface area contributed by atoms with Gasteiger partial charge in [0.25, 0.3) is 0 Å². The zero-order valence-electron chi connectivity index (χ0n) is 18.1. The number of ether oxygens (including phenoxy) is 2. The van der Waals surface area contributed by atoms with Crippen LogP contribution >= 0.6 is 0 Å². The van der Waals surface area contributed by atoms with E-state index >= 15 is 0 Å². The van der Waals surface area contributed by atoms with Crippen molar-refractivity contribution in [3.05, 3.63) is 77.7 Å². The summed E-state index contributed by atoms with van der Waals surface area (Å²) in [6.07, 6.45) is 13.8. The van der Waals surface area contributed by atoms with E-state index in [4.69, 9.17) is 9.47 Å². The molecule has 0 aromatic carbocycles. The lowest BCUT2D eigenvalue weighted by Crippen LogP contribution is -2.35. The summed E-state index contributed by atoms with van der Waals surface area (Å²) >= 11 is 0. The van der Waals surface area contributed by atoms with Crippen molar-refractivity contribution in [1.82, 2.24) is 20.7 Å². The zero-order valence-corrected chi connectivity index (χ0v) is 18.1. The molecule has 31 heavy (non-hydrogen) atoms. The summed E-state index contributed by atoms with van der Waals surface area (Å²) in [5.41, 5.74) is 2.99. The molecule has 1 unspecified atom stereocenters. The molecular weight excluding hydrogens is 396 g/mol. The predicted octanol–water partition coefficient (Wildman–Crippen LogP) is 3.38. The van der Waals surface area contributed by atoms with Gasteiger partial charge in [0.2, 0.25) is 5.91 Å². The van der Waals surface area contributed by atoms with Crippen LogP contribution in [0.3, 0.4) is 0 Å². The highest BCUT2D eigenvalue weighted by Gasteiger charge is 2.27. The average Bonchev–Trinajstić information content (AvgIpc) is 3.30. The van der Waals surface area contributed by atoms with Gasteiger partial charge in [0, 0.05) is 11.3 Å². The van der Waals surface area contributed by atoms with E-state index in [2.05, 4.69) is 27.3 Å². The van der Waals surface area contributed by atoms with Crippen molar-refractivity contribution >= 4 is 17.8 Å². The maximum atomic E-state index is 12.7. The maximum absolute atomic E-state index is 12.7. The fourth-order valence-corrected chi connectivity index (χ4v) is 2.98. The van der Waals surface area contributed by atoms with Crippen molar-refractivity contribution in [2.45, 2.75) is 26.7 Å². The van der Waals surface area contributed by atoms with Gasteiger partial charge in [-0.1, -0.05) is 18.7 Å². The van der Waals surface area contributed by atoms with Gasteiger partial charge in [-0.15, -0.1) is 0 Å². The molecule has 1 saturated heterocycles. The number of allylic oxidation sites excluding steroid dienone is 9. The molecular formula is C23H28N4O4. The highest BCUT2D eigenvalue weighted by molar-refractivity contribution is 5.81. The molecule has 1 aliphatic rings. The second kappa shape index (κ2) is 12.1. The molecule has 8 nitrogen and oxygen atoms in total. The van der Waals surface area contributed by atoms with Crippen LogP contribution in [0.15, 0.2) is 72.0 Å². The lowest BCUT2D eigenvalue weighted by Gasteiger charge is -2.27. The molecule has 164 valence electrons. The van der Waals surface area contributed by atoms with Gasteiger partial charge >= 0.3 is 0 Å². The van der Waals surface area contributed by atoms with E-state index in [0.717, 1.165) is 22.6 Å². The lowest BCUT2D eigenvalue weighted by atomic mass is 9.94. The fourth-order valence-electron chi connectivity index (χ4n) is 2.98. The van der Waals surface area contributed by atoms with Crippen LogP contribution in [-0.2, 0) is 19.1 Å².